The summed E-state index contributed by atoms with van der Waals surface area (Å²) in [4.78, 5) is 0. The number of benzene rings is 2. The highest BCUT2D eigenvalue weighted by molar-refractivity contribution is 5.34. The summed E-state index contributed by atoms with van der Waals surface area (Å²) in [7, 11) is 1.68. The summed E-state index contributed by atoms with van der Waals surface area (Å²) >= 11 is 0. The largest absolute Gasteiger partial charge is 0.497 e. The van der Waals surface area contributed by atoms with Crippen molar-refractivity contribution in [1.82, 2.24) is 16.0 Å². The second-order valence-electron chi connectivity index (χ2n) is 9.95. The molecule has 1 aliphatic carbocycles. The van der Waals surface area contributed by atoms with Crippen LogP contribution in [0.15, 0.2) is 42.5 Å². The fourth-order valence-corrected chi connectivity index (χ4v) is 5.53. The van der Waals surface area contributed by atoms with Gasteiger partial charge in [0.1, 0.15) is 11.6 Å². The van der Waals surface area contributed by atoms with Gasteiger partial charge in [-0.15, -0.1) is 0 Å². The van der Waals surface area contributed by atoms with Gasteiger partial charge in [-0.05, 0) is 79.4 Å². The van der Waals surface area contributed by atoms with E-state index >= 15 is 4.39 Å². The summed E-state index contributed by atoms with van der Waals surface area (Å²) in [6.45, 7) is 7.99. The Kier molecular flexibility index (Phi) is 7.49. The highest BCUT2D eigenvalue weighted by Crippen LogP contribution is 2.48. The molecule has 1 unspecified atom stereocenters. The van der Waals surface area contributed by atoms with E-state index in [1.165, 1.54) is 31.2 Å². The lowest BCUT2D eigenvalue weighted by Crippen LogP contribution is -2.54. The average Bonchev–Trinajstić information content (AvgIpc) is 2.78. The Morgan fingerprint density at radius 3 is 2.47 bits per heavy atom. The number of piperidine rings is 1. The molecule has 174 valence electrons. The van der Waals surface area contributed by atoms with Crippen LogP contribution in [-0.4, -0.2) is 32.8 Å². The zero-order valence-corrected chi connectivity index (χ0v) is 19.7. The van der Waals surface area contributed by atoms with Gasteiger partial charge < -0.3 is 20.7 Å². The first kappa shape index (κ1) is 23.2. The lowest BCUT2D eigenvalue weighted by atomic mass is 9.60. The van der Waals surface area contributed by atoms with Crippen LogP contribution in [0.2, 0.25) is 0 Å². The number of methoxy groups -OCH3 is 1. The Morgan fingerprint density at radius 1 is 1.09 bits per heavy atom. The van der Waals surface area contributed by atoms with Crippen LogP contribution in [-0.2, 0) is 6.54 Å². The number of ether oxygens (including phenoxy) is 1. The van der Waals surface area contributed by atoms with Crippen molar-refractivity contribution in [2.75, 3.05) is 26.7 Å². The van der Waals surface area contributed by atoms with Crippen molar-refractivity contribution in [1.29, 1.82) is 0 Å². The Morgan fingerprint density at radius 2 is 1.81 bits per heavy atom. The van der Waals surface area contributed by atoms with E-state index in [1.54, 1.807) is 13.2 Å². The molecule has 1 spiro atoms. The first-order valence-electron chi connectivity index (χ1n) is 12.1. The predicted octanol–water partition coefficient (Wildman–Crippen LogP) is 4.91. The molecule has 0 radical (unpaired) electrons. The van der Waals surface area contributed by atoms with Crippen LogP contribution in [0.25, 0.3) is 0 Å². The fourth-order valence-electron chi connectivity index (χ4n) is 5.53. The molecular formula is C27H38FN3O. The molecule has 0 aromatic heterocycles. The molecule has 2 aromatic rings. The molecule has 4 nitrogen and oxygen atoms in total. The van der Waals surface area contributed by atoms with Gasteiger partial charge in [0.2, 0.25) is 0 Å². The molecule has 0 amide bonds. The van der Waals surface area contributed by atoms with Gasteiger partial charge in [0.25, 0.3) is 0 Å². The summed E-state index contributed by atoms with van der Waals surface area (Å²) in [6.07, 6.45) is 4.94. The quantitative estimate of drug-likeness (QED) is 0.520. The van der Waals surface area contributed by atoms with Crippen molar-refractivity contribution in [3.8, 4) is 5.75 Å². The van der Waals surface area contributed by atoms with E-state index < -0.39 is 0 Å². The summed E-state index contributed by atoms with van der Waals surface area (Å²) in [5, 5.41) is 10.9. The van der Waals surface area contributed by atoms with Crippen LogP contribution in [0.1, 0.15) is 68.2 Å². The van der Waals surface area contributed by atoms with Gasteiger partial charge >= 0.3 is 0 Å². The highest BCUT2D eigenvalue weighted by atomic mass is 19.1. The molecule has 3 N–H and O–H groups in total. The molecule has 1 saturated carbocycles. The second kappa shape index (κ2) is 10.3. The molecule has 5 heteroatoms. The Balaban J connectivity index is 1.45. The van der Waals surface area contributed by atoms with E-state index in [2.05, 4.69) is 48.0 Å². The van der Waals surface area contributed by atoms with Gasteiger partial charge in [0.15, 0.2) is 0 Å². The van der Waals surface area contributed by atoms with Crippen LogP contribution in [0.4, 0.5) is 4.39 Å². The van der Waals surface area contributed by atoms with Crippen LogP contribution >= 0.6 is 0 Å². The number of hydrogen-bond donors (Lipinski definition) is 3. The summed E-state index contributed by atoms with van der Waals surface area (Å²) in [5.41, 5.74) is 3.63. The third kappa shape index (κ3) is 5.33. The second-order valence-corrected chi connectivity index (χ2v) is 9.95. The smallest absolute Gasteiger partial charge is 0.128 e. The normalized spacial score (nSPS) is 19.2. The van der Waals surface area contributed by atoms with E-state index in [0.29, 0.717) is 18.0 Å². The zero-order chi connectivity index (χ0) is 22.6. The van der Waals surface area contributed by atoms with E-state index in [1.807, 2.05) is 18.2 Å². The third-order valence-corrected chi connectivity index (χ3v) is 7.35. The first-order chi connectivity index (χ1) is 15.5. The predicted molar refractivity (Wildman–Crippen MR) is 129 cm³/mol. The molecule has 1 heterocycles. The van der Waals surface area contributed by atoms with Gasteiger partial charge in [-0.3, -0.25) is 0 Å². The van der Waals surface area contributed by atoms with Gasteiger partial charge in [-0.1, -0.05) is 38.1 Å². The molecule has 1 atom stereocenters. The Bertz CT molecular complexity index is 869. The molecule has 0 bridgehead atoms. The lowest BCUT2D eigenvalue weighted by Gasteiger charge is -2.51. The number of hydrogen-bond acceptors (Lipinski definition) is 4. The number of rotatable bonds is 9. The molecule has 2 fully saturated rings. The summed E-state index contributed by atoms with van der Waals surface area (Å²) in [5.74, 6) is 1.04. The minimum absolute atomic E-state index is 0.0455. The fraction of sp³-hybridized carbons (Fsp3) is 0.556. The summed E-state index contributed by atoms with van der Waals surface area (Å²) in [6, 6.07) is 14.0. The van der Waals surface area contributed by atoms with Gasteiger partial charge in [0, 0.05) is 30.7 Å². The van der Waals surface area contributed by atoms with Crippen molar-refractivity contribution in [2.45, 2.75) is 64.1 Å². The minimum Gasteiger partial charge on any atom is -0.497 e. The summed E-state index contributed by atoms with van der Waals surface area (Å²) < 4.78 is 20.4. The van der Waals surface area contributed by atoms with Crippen molar-refractivity contribution < 1.29 is 9.13 Å². The topological polar surface area (TPSA) is 45.3 Å². The molecule has 32 heavy (non-hydrogen) atoms. The average molecular weight is 440 g/mol. The van der Waals surface area contributed by atoms with E-state index in [9.17, 15) is 0 Å². The van der Waals surface area contributed by atoms with E-state index in [-0.39, 0.29) is 17.8 Å². The van der Waals surface area contributed by atoms with Crippen LogP contribution in [0.3, 0.4) is 0 Å². The lowest BCUT2D eigenvalue weighted by molar-refractivity contribution is 0.0399. The molecule has 4 rings (SSSR count). The zero-order valence-electron chi connectivity index (χ0n) is 19.7. The maximum atomic E-state index is 15.1. The van der Waals surface area contributed by atoms with Crippen molar-refractivity contribution in [3.05, 3.63) is 65.0 Å². The van der Waals surface area contributed by atoms with Crippen LogP contribution in [0, 0.1) is 11.2 Å². The Hall–Kier alpha value is -1.95. The maximum absolute atomic E-state index is 15.1. The van der Waals surface area contributed by atoms with Gasteiger partial charge in [-0.2, -0.15) is 0 Å². The van der Waals surface area contributed by atoms with Crippen molar-refractivity contribution in [2.24, 2.45) is 5.41 Å². The third-order valence-electron chi connectivity index (χ3n) is 7.35. The van der Waals surface area contributed by atoms with Crippen LogP contribution < -0.4 is 20.7 Å². The number of nitrogens with one attached hydrogen (secondary N) is 3. The molecule has 1 saturated heterocycles. The SMILES string of the molecule is COc1ccc(CNCC(NC2CC3(CCNCC3)C2)c2c(F)cccc2C(C)C)cc1. The molecular weight excluding hydrogens is 401 g/mol. The number of halogens is 1. The molecule has 2 aromatic carbocycles. The molecule has 2 aliphatic rings. The van der Waals surface area contributed by atoms with E-state index in [4.69, 9.17) is 4.74 Å². The standard InChI is InChI=1S/C27H38FN3O/c1-19(2)23-5-4-6-24(28)26(23)25(18-30-17-20-7-9-22(32-3)10-8-20)31-21-15-27(16-21)11-13-29-14-12-27/h4-10,19,21,25,29-31H,11-18H2,1-3H3. The maximum Gasteiger partial charge on any atom is 0.128 e. The van der Waals surface area contributed by atoms with Gasteiger partial charge in [0.05, 0.1) is 7.11 Å². The first-order valence-corrected chi connectivity index (χ1v) is 12.1. The molecule has 1 aliphatic heterocycles. The van der Waals surface area contributed by atoms with Crippen LogP contribution in [0.5, 0.6) is 5.75 Å². The monoisotopic (exact) mass is 439 g/mol. The van der Waals surface area contributed by atoms with Crippen molar-refractivity contribution >= 4 is 0 Å². The van der Waals surface area contributed by atoms with Crippen molar-refractivity contribution in [3.63, 3.8) is 0 Å². The van der Waals surface area contributed by atoms with Gasteiger partial charge in [-0.25, -0.2) is 4.39 Å². The minimum atomic E-state index is -0.101. The van der Waals surface area contributed by atoms with E-state index in [0.717, 1.165) is 36.5 Å². The highest BCUT2D eigenvalue weighted by Gasteiger charge is 2.45. The Labute approximate surface area is 192 Å².